The molecule has 4 nitrogen and oxygen atoms in total. The molecule has 0 bridgehead atoms. The SMILES string of the molecule is Cn1nccc1C(NN)c1ccc(F)c(C(F)(F)F)c1. The van der Waals surface area contributed by atoms with Gasteiger partial charge in [-0.15, -0.1) is 0 Å². The number of hydrogen-bond donors (Lipinski definition) is 2. The van der Waals surface area contributed by atoms with Crippen molar-refractivity contribution < 1.29 is 17.6 Å². The minimum atomic E-state index is -4.76. The van der Waals surface area contributed by atoms with Crippen LogP contribution in [0.5, 0.6) is 0 Å². The maximum atomic E-state index is 13.3. The highest BCUT2D eigenvalue weighted by Gasteiger charge is 2.35. The molecule has 0 saturated carbocycles. The van der Waals surface area contributed by atoms with E-state index in [1.165, 1.54) is 16.9 Å². The van der Waals surface area contributed by atoms with Crippen LogP contribution in [0.1, 0.15) is 22.9 Å². The molecule has 1 aromatic heterocycles. The summed E-state index contributed by atoms with van der Waals surface area (Å²) in [5.41, 5.74) is 1.85. The first-order valence-electron chi connectivity index (χ1n) is 5.65. The average molecular weight is 288 g/mol. The number of rotatable bonds is 3. The highest BCUT2D eigenvalue weighted by Crippen LogP contribution is 2.33. The smallest absolute Gasteiger partial charge is 0.271 e. The third-order valence-electron chi connectivity index (χ3n) is 2.95. The number of hydrogen-bond acceptors (Lipinski definition) is 3. The first kappa shape index (κ1) is 14.5. The second-order valence-corrected chi connectivity index (χ2v) is 4.22. The van der Waals surface area contributed by atoms with Crippen molar-refractivity contribution in [3.8, 4) is 0 Å². The molecule has 8 heteroatoms. The van der Waals surface area contributed by atoms with Gasteiger partial charge in [-0.1, -0.05) is 6.07 Å². The van der Waals surface area contributed by atoms with Crippen molar-refractivity contribution in [1.82, 2.24) is 15.2 Å². The Labute approximate surface area is 112 Å². The molecule has 3 N–H and O–H groups in total. The summed E-state index contributed by atoms with van der Waals surface area (Å²) in [5, 5.41) is 3.92. The topological polar surface area (TPSA) is 55.9 Å². The quantitative estimate of drug-likeness (QED) is 0.517. The molecule has 0 amide bonds. The lowest BCUT2D eigenvalue weighted by molar-refractivity contribution is -0.140. The van der Waals surface area contributed by atoms with E-state index in [0.29, 0.717) is 5.69 Å². The lowest BCUT2D eigenvalue weighted by Crippen LogP contribution is -2.30. The van der Waals surface area contributed by atoms with Gasteiger partial charge in [0.05, 0.1) is 17.3 Å². The van der Waals surface area contributed by atoms with Gasteiger partial charge in [0.1, 0.15) is 5.82 Å². The van der Waals surface area contributed by atoms with Gasteiger partial charge in [-0.25, -0.2) is 9.82 Å². The molecule has 2 rings (SSSR count). The summed E-state index contributed by atoms with van der Waals surface area (Å²) in [7, 11) is 1.63. The lowest BCUT2D eigenvalue weighted by Gasteiger charge is -2.18. The van der Waals surface area contributed by atoms with Crippen LogP contribution < -0.4 is 11.3 Å². The summed E-state index contributed by atoms with van der Waals surface area (Å²) < 4.78 is 52.9. The normalized spacial score (nSPS) is 13.5. The van der Waals surface area contributed by atoms with Gasteiger partial charge in [-0.3, -0.25) is 10.5 Å². The van der Waals surface area contributed by atoms with Crippen LogP contribution in [0.4, 0.5) is 17.6 Å². The highest BCUT2D eigenvalue weighted by atomic mass is 19.4. The number of halogens is 4. The molecule has 0 spiro atoms. The van der Waals surface area contributed by atoms with Crippen molar-refractivity contribution in [3.05, 3.63) is 53.1 Å². The first-order chi connectivity index (χ1) is 9.34. The Morgan fingerprint density at radius 1 is 1.30 bits per heavy atom. The van der Waals surface area contributed by atoms with Crippen LogP contribution in [0.25, 0.3) is 0 Å². The summed E-state index contributed by atoms with van der Waals surface area (Å²) >= 11 is 0. The van der Waals surface area contributed by atoms with Crippen LogP contribution in [0.15, 0.2) is 30.5 Å². The standard InChI is InChI=1S/C12H12F4N4/c1-20-10(4-5-18-20)11(19-17)7-2-3-9(13)8(6-7)12(14,15)16/h2-6,11,19H,17H2,1H3. The summed E-state index contributed by atoms with van der Waals surface area (Å²) in [6.07, 6.45) is -3.26. The van der Waals surface area contributed by atoms with Crippen LogP contribution in [0.2, 0.25) is 0 Å². The fourth-order valence-electron chi connectivity index (χ4n) is 1.96. The van der Waals surface area contributed by atoms with Gasteiger partial charge < -0.3 is 0 Å². The molecule has 1 heterocycles. The number of nitrogens with one attached hydrogen (secondary N) is 1. The minimum absolute atomic E-state index is 0.199. The molecule has 0 saturated heterocycles. The van der Waals surface area contributed by atoms with Gasteiger partial charge in [-0.2, -0.15) is 18.3 Å². The van der Waals surface area contributed by atoms with E-state index in [4.69, 9.17) is 5.84 Å². The highest BCUT2D eigenvalue weighted by molar-refractivity contribution is 5.33. The predicted molar refractivity (Wildman–Crippen MR) is 63.8 cm³/mol. The van der Waals surface area contributed by atoms with E-state index in [0.717, 1.165) is 12.1 Å². The van der Waals surface area contributed by atoms with Gasteiger partial charge >= 0.3 is 6.18 Å². The number of nitrogens with two attached hydrogens (primary N) is 1. The fourth-order valence-corrected chi connectivity index (χ4v) is 1.96. The molecule has 1 aromatic carbocycles. The molecule has 20 heavy (non-hydrogen) atoms. The summed E-state index contributed by atoms with van der Waals surface area (Å²) in [5.74, 6) is 4.08. The molecule has 108 valence electrons. The lowest BCUT2D eigenvalue weighted by atomic mass is 10.0. The molecule has 1 atom stereocenters. The van der Waals surface area contributed by atoms with Crippen molar-refractivity contribution in [1.29, 1.82) is 0 Å². The summed E-state index contributed by atoms with van der Waals surface area (Å²) in [6, 6.07) is 3.67. The van der Waals surface area contributed by atoms with Gasteiger partial charge in [0, 0.05) is 13.2 Å². The molecule has 2 aromatic rings. The second-order valence-electron chi connectivity index (χ2n) is 4.22. The molecular formula is C12H12F4N4. The van der Waals surface area contributed by atoms with Crippen LogP contribution in [0, 0.1) is 5.82 Å². The van der Waals surface area contributed by atoms with Crippen molar-refractivity contribution in [3.63, 3.8) is 0 Å². The predicted octanol–water partition coefficient (Wildman–Crippen LogP) is 2.13. The van der Waals surface area contributed by atoms with Crippen molar-refractivity contribution in [2.45, 2.75) is 12.2 Å². The number of alkyl halides is 3. The number of aryl methyl sites for hydroxylation is 1. The first-order valence-corrected chi connectivity index (χ1v) is 5.65. The Hall–Kier alpha value is -1.93. The number of nitrogens with zero attached hydrogens (tertiary/aromatic N) is 2. The molecule has 0 radical (unpaired) electrons. The van der Waals surface area contributed by atoms with E-state index in [-0.39, 0.29) is 5.56 Å². The van der Waals surface area contributed by atoms with E-state index in [2.05, 4.69) is 10.5 Å². The van der Waals surface area contributed by atoms with Crippen LogP contribution in [-0.4, -0.2) is 9.78 Å². The fraction of sp³-hybridized carbons (Fsp3) is 0.250. The number of hydrazine groups is 1. The van der Waals surface area contributed by atoms with E-state index >= 15 is 0 Å². The van der Waals surface area contributed by atoms with Crippen LogP contribution in [0.3, 0.4) is 0 Å². The van der Waals surface area contributed by atoms with Crippen LogP contribution in [-0.2, 0) is 13.2 Å². The Bertz CT molecular complexity index is 606. The van der Waals surface area contributed by atoms with Crippen molar-refractivity contribution in [2.24, 2.45) is 12.9 Å². The summed E-state index contributed by atoms with van der Waals surface area (Å²) in [4.78, 5) is 0. The van der Waals surface area contributed by atoms with Gasteiger partial charge in [0.2, 0.25) is 0 Å². The molecular weight excluding hydrogens is 276 g/mol. The number of aromatic nitrogens is 2. The Balaban J connectivity index is 2.49. The van der Waals surface area contributed by atoms with E-state index in [1.807, 2.05) is 0 Å². The maximum absolute atomic E-state index is 13.3. The summed E-state index contributed by atoms with van der Waals surface area (Å²) in [6.45, 7) is 0. The second kappa shape index (κ2) is 5.22. The zero-order valence-electron chi connectivity index (χ0n) is 10.4. The molecule has 0 aliphatic heterocycles. The minimum Gasteiger partial charge on any atom is -0.271 e. The largest absolute Gasteiger partial charge is 0.419 e. The van der Waals surface area contributed by atoms with E-state index < -0.39 is 23.6 Å². The third-order valence-corrected chi connectivity index (χ3v) is 2.95. The van der Waals surface area contributed by atoms with Gasteiger partial charge in [0.15, 0.2) is 0 Å². The van der Waals surface area contributed by atoms with Crippen molar-refractivity contribution in [2.75, 3.05) is 0 Å². The molecule has 1 unspecified atom stereocenters. The Morgan fingerprint density at radius 2 is 2.00 bits per heavy atom. The molecule has 0 fully saturated rings. The van der Waals surface area contributed by atoms with E-state index in [1.54, 1.807) is 13.1 Å². The number of benzene rings is 1. The third kappa shape index (κ3) is 2.66. The molecule has 0 aliphatic rings. The van der Waals surface area contributed by atoms with Gasteiger partial charge in [-0.05, 0) is 23.8 Å². The monoisotopic (exact) mass is 288 g/mol. The van der Waals surface area contributed by atoms with Crippen molar-refractivity contribution >= 4 is 0 Å². The Kier molecular flexibility index (Phi) is 3.78. The maximum Gasteiger partial charge on any atom is 0.419 e. The Morgan fingerprint density at radius 3 is 2.50 bits per heavy atom. The molecule has 0 aliphatic carbocycles. The van der Waals surface area contributed by atoms with E-state index in [9.17, 15) is 17.6 Å². The van der Waals surface area contributed by atoms with Gasteiger partial charge in [0.25, 0.3) is 0 Å². The zero-order chi connectivity index (χ0) is 14.9. The van der Waals surface area contributed by atoms with Crippen LogP contribution >= 0.6 is 0 Å². The zero-order valence-corrected chi connectivity index (χ0v) is 10.4. The average Bonchev–Trinajstić information content (AvgIpc) is 2.77.